The van der Waals surface area contributed by atoms with Crippen LogP contribution in [0.4, 0.5) is 35.3 Å². The topological polar surface area (TPSA) is 118 Å². The summed E-state index contributed by atoms with van der Waals surface area (Å²) in [7, 11) is 0. The number of hydrogen-bond acceptors (Lipinski definition) is 8. The Morgan fingerprint density at radius 1 is 1.23 bits per heavy atom. The summed E-state index contributed by atoms with van der Waals surface area (Å²) in [5.74, 6) is -0.802. The highest BCUT2D eigenvalue weighted by atomic mass is 19.4. The SMILES string of the molecule is CC1(C)OC[C@@](C)(COc2ccnc(NC(=O)N3c4nc(C(=O)NCC(F)(F)F)ccc4N4CCC3C4)c2)O1. The molecule has 0 saturated carbocycles. The molecule has 0 aromatic carbocycles. The molecule has 39 heavy (non-hydrogen) atoms. The largest absolute Gasteiger partial charge is 0.490 e. The average molecular weight is 551 g/mol. The fourth-order valence-corrected chi connectivity index (χ4v) is 4.89. The number of nitrogens with zero attached hydrogens (tertiary/aromatic N) is 4. The summed E-state index contributed by atoms with van der Waals surface area (Å²) in [5, 5.41) is 4.57. The van der Waals surface area contributed by atoms with E-state index in [4.69, 9.17) is 14.2 Å². The standard InChI is InChI=1S/C25H29F3N6O5/c1-23(2)38-14-24(3,39-23)13-37-16-6-8-29-19(10-16)32-22(36)34-15-7-9-33(11-15)18-5-4-17(31-20(18)34)21(35)30-12-25(26,27)28/h4-6,8,10,15H,7,9,11-14H2,1-3H3,(H,30,35)(H,29,32,36)/t15?,24-/m1/s1. The number of carbonyl (C=O) groups excluding carboxylic acids is 2. The molecule has 3 aliphatic heterocycles. The molecule has 0 spiro atoms. The lowest BCUT2D eigenvalue weighted by Gasteiger charge is -2.35. The molecular weight excluding hydrogens is 521 g/mol. The lowest BCUT2D eigenvalue weighted by atomic mass is 10.1. The monoisotopic (exact) mass is 550 g/mol. The minimum atomic E-state index is -4.56. The second kappa shape index (κ2) is 9.83. The fraction of sp³-hybridized carbons (Fsp3) is 0.520. The van der Waals surface area contributed by atoms with Crippen LogP contribution >= 0.6 is 0 Å². The second-order valence-electron chi connectivity index (χ2n) is 10.4. The second-order valence-corrected chi connectivity index (χ2v) is 10.4. The van der Waals surface area contributed by atoms with E-state index in [0.29, 0.717) is 37.6 Å². The van der Waals surface area contributed by atoms with Gasteiger partial charge < -0.3 is 24.4 Å². The molecule has 5 rings (SSSR count). The molecule has 11 nitrogen and oxygen atoms in total. The highest BCUT2D eigenvalue weighted by molar-refractivity contribution is 6.05. The van der Waals surface area contributed by atoms with Crippen LogP contribution in [0.5, 0.6) is 5.75 Å². The highest BCUT2D eigenvalue weighted by Crippen LogP contribution is 2.39. The van der Waals surface area contributed by atoms with E-state index in [2.05, 4.69) is 15.3 Å². The van der Waals surface area contributed by atoms with Crippen LogP contribution in [-0.4, -0.2) is 78.4 Å². The number of alkyl halides is 3. The normalized spacial score (nSPS) is 23.4. The van der Waals surface area contributed by atoms with Crippen molar-refractivity contribution in [2.24, 2.45) is 0 Å². The third kappa shape index (κ3) is 6.01. The molecular formula is C25H29F3N6O5. The zero-order valence-corrected chi connectivity index (χ0v) is 21.7. The molecule has 3 amide bonds. The molecule has 5 heterocycles. The van der Waals surface area contributed by atoms with Crippen molar-refractivity contribution in [1.82, 2.24) is 15.3 Å². The molecule has 2 aromatic heterocycles. The molecule has 3 aliphatic rings. The molecule has 0 radical (unpaired) electrons. The van der Waals surface area contributed by atoms with Crippen LogP contribution in [0.15, 0.2) is 30.5 Å². The molecule has 2 saturated heterocycles. The van der Waals surface area contributed by atoms with Gasteiger partial charge in [-0.15, -0.1) is 0 Å². The van der Waals surface area contributed by atoms with Gasteiger partial charge in [-0.2, -0.15) is 13.2 Å². The molecule has 2 N–H and O–H groups in total. The first-order valence-electron chi connectivity index (χ1n) is 12.5. The van der Waals surface area contributed by atoms with Gasteiger partial charge in [-0.05, 0) is 45.4 Å². The van der Waals surface area contributed by atoms with Crippen LogP contribution in [-0.2, 0) is 9.47 Å². The number of halogens is 3. The lowest BCUT2D eigenvalue weighted by molar-refractivity contribution is -0.162. The number of urea groups is 1. The predicted octanol–water partition coefficient (Wildman–Crippen LogP) is 3.32. The van der Waals surface area contributed by atoms with Crippen molar-refractivity contribution < 1.29 is 37.0 Å². The number of carbonyl (C=O) groups is 2. The van der Waals surface area contributed by atoms with Crippen molar-refractivity contribution in [1.29, 1.82) is 0 Å². The molecule has 2 atom stereocenters. The summed E-state index contributed by atoms with van der Waals surface area (Å²) in [5.41, 5.74) is -0.245. The van der Waals surface area contributed by atoms with Crippen molar-refractivity contribution in [2.75, 3.05) is 48.0 Å². The van der Waals surface area contributed by atoms with Gasteiger partial charge in [-0.3, -0.25) is 15.0 Å². The number of rotatable bonds is 6. The maximum absolute atomic E-state index is 13.4. The number of anilines is 3. The Bertz CT molecular complexity index is 1270. The molecule has 2 fully saturated rings. The first-order chi connectivity index (χ1) is 18.3. The number of amides is 3. The Morgan fingerprint density at radius 3 is 2.74 bits per heavy atom. The quantitative estimate of drug-likeness (QED) is 0.563. The molecule has 14 heteroatoms. The van der Waals surface area contributed by atoms with Crippen LogP contribution in [0, 0.1) is 0 Å². The smallest absolute Gasteiger partial charge is 0.405 e. The summed E-state index contributed by atoms with van der Waals surface area (Å²) in [4.78, 5) is 37.7. The number of aromatic nitrogens is 2. The predicted molar refractivity (Wildman–Crippen MR) is 134 cm³/mol. The number of nitrogens with one attached hydrogen (secondary N) is 2. The number of pyridine rings is 2. The van der Waals surface area contributed by atoms with Crippen LogP contribution in [0.3, 0.4) is 0 Å². The number of fused-ring (bicyclic) bond motifs is 4. The lowest BCUT2D eigenvalue weighted by Crippen LogP contribution is -2.48. The molecule has 0 aliphatic carbocycles. The Kier molecular flexibility index (Phi) is 6.79. The van der Waals surface area contributed by atoms with E-state index in [1.165, 1.54) is 17.2 Å². The number of ether oxygens (including phenoxy) is 3. The van der Waals surface area contributed by atoms with Gasteiger partial charge in [0.1, 0.15) is 36.0 Å². The zero-order chi connectivity index (χ0) is 28.0. The van der Waals surface area contributed by atoms with Gasteiger partial charge in [-0.25, -0.2) is 14.8 Å². The summed E-state index contributed by atoms with van der Waals surface area (Å²) in [6.07, 6.45) is -2.41. The van der Waals surface area contributed by atoms with Crippen molar-refractivity contribution in [3.8, 4) is 5.75 Å². The van der Waals surface area contributed by atoms with Crippen LogP contribution in [0.25, 0.3) is 0 Å². The van der Waals surface area contributed by atoms with Gasteiger partial charge in [0.15, 0.2) is 11.6 Å². The summed E-state index contributed by atoms with van der Waals surface area (Å²) in [6, 6.07) is 5.40. The zero-order valence-electron chi connectivity index (χ0n) is 21.7. The summed E-state index contributed by atoms with van der Waals surface area (Å²) < 4.78 is 55.1. The van der Waals surface area contributed by atoms with Crippen LogP contribution < -0.4 is 25.2 Å². The molecule has 210 valence electrons. The molecule has 2 bridgehead atoms. The third-order valence-electron chi connectivity index (χ3n) is 6.58. The Morgan fingerprint density at radius 2 is 2.03 bits per heavy atom. The van der Waals surface area contributed by atoms with E-state index in [1.807, 2.05) is 31.0 Å². The van der Waals surface area contributed by atoms with E-state index in [0.717, 1.165) is 0 Å². The first-order valence-corrected chi connectivity index (χ1v) is 12.5. The van der Waals surface area contributed by atoms with Gasteiger partial charge in [0.2, 0.25) is 0 Å². The van der Waals surface area contributed by atoms with Crippen LogP contribution in [0.2, 0.25) is 0 Å². The van der Waals surface area contributed by atoms with Gasteiger partial charge in [0, 0.05) is 25.4 Å². The molecule has 1 unspecified atom stereocenters. The fourth-order valence-electron chi connectivity index (χ4n) is 4.89. The van der Waals surface area contributed by atoms with Gasteiger partial charge in [0.05, 0.1) is 18.3 Å². The van der Waals surface area contributed by atoms with E-state index in [-0.39, 0.29) is 30.0 Å². The van der Waals surface area contributed by atoms with Crippen molar-refractivity contribution in [3.63, 3.8) is 0 Å². The van der Waals surface area contributed by atoms with Crippen LogP contribution in [0.1, 0.15) is 37.7 Å². The van der Waals surface area contributed by atoms with Gasteiger partial charge >= 0.3 is 12.2 Å². The average Bonchev–Trinajstić information content (AvgIpc) is 3.41. The number of hydrogen-bond donors (Lipinski definition) is 2. The van der Waals surface area contributed by atoms with Crippen molar-refractivity contribution >= 4 is 29.3 Å². The van der Waals surface area contributed by atoms with Crippen molar-refractivity contribution in [2.45, 2.75) is 50.8 Å². The highest BCUT2D eigenvalue weighted by Gasteiger charge is 2.43. The van der Waals surface area contributed by atoms with E-state index >= 15 is 0 Å². The van der Waals surface area contributed by atoms with E-state index < -0.39 is 36.0 Å². The summed E-state index contributed by atoms with van der Waals surface area (Å²) >= 11 is 0. The maximum Gasteiger partial charge on any atom is 0.405 e. The maximum atomic E-state index is 13.4. The first kappa shape index (κ1) is 26.9. The van der Waals surface area contributed by atoms with E-state index in [1.54, 1.807) is 18.2 Å². The Labute approximate surface area is 222 Å². The molecule has 2 aromatic rings. The summed E-state index contributed by atoms with van der Waals surface area (Å²) in [6.45, 7) is 5.87. The minimum Gasteiger partial charge on any atom is -0.490 e. The Balaban J connectivity index is 1.30. The minimum absolute atomic E-state index is 0.197. The third-order valence-corrected chi connectivity index (χ3v) is 6.58. The van der Waals surface area contributed by atoms with Gasteiger partial charge in [0.25, 0.3) is 5.91 Å². The van der Waals surface area contributed by atoms with Gasteiger partial charge in [-0.1, -0.05) is 0 Å². The van der Waals surface area contributed by atoms with E-state index in [9.17, 15) is 22.8 Å². The van der Waals surface area contributed by atoms with Crippen molar-refractivity contribution in [3.05, 3.63) is 36.2 Å². The Hall–Kier alpha value is -3.65.